The molecule has 0 spiro atoms. The molecule has 1 atom stereocenters. The third-order valence-corrected chi connectivity index (χ3v) is 5.38. The van der Waals surface area contributed by atoms with Gasteiger partial charge in [-0.1, -0.05) is 6.07 Å². The largest absolute Gasteiger partial charge is 0.496 e. The van der Waals surface area contributed by atoms with Crippen LogP contribution in [0.15, 0.2) is 18.2 Å². The Hall–Kier alpha value is -2.08. The highest BCUT2D eigenvalue weighted by Gasteiger charge is 2.35. The molecule has 136 valence electrons. The summed E-state index contributed by atoms with van der Waals surface area (Å²) in [5.74, 6) is 0.897. The lowest BCUT2D eigenvalue weighted by Crippen LogP contribution is -2.50. The minimum atomic E-state index is -0.0616. The van der Waals surface area contributed by atoms with E-state index in [1.807, 2.05) is 31.0 Å². The molecule has 0 aromatic heterocycles. The zero-order valence-electron chi connectivity index (χ0n) is 15.2. The molecular formula is C19H27N3O3. The summed E-state index contributed by atoms with van der Waals surface area (Å²) >= 11 is 0. The quantitative estimate of drug-likeness (QED) is 0.897. The molecule has 2 amide bonds. The Morgan fingerprint density at radius 2 is 1.92 bits per heavy atom. The van der Waals surface area contributed by atoms with Gasteiger partial charge in [0.2, 0.25) is 5.91 Å². The van der Waals surface area contributed by atoms with E-state index in [0.717, 1.165) is 50.2 Å². The Labute approximate surface area is 149 Å². The predicted octanol–water partition coefficient (Wildman–Crippen LogP) is 1.43. The van der Waals surface area contributed by atoms with Crippen LogP contribution in [0.3, 0.4) is 0 Å². The molecule has 0 aliphatic carbocycles. The van der Waals surface area contributed by atoms with Crippen LogP contribution >= 0.6 is 0 Å². The molecule has 1 unspecified atom stereocenters. The van der Waals surface area contributed by atoms with E-state index in [2.05, 4.69) is 10.2 Å². The molecule has 2 saturated heterocycles. The fourth-order valence-electron chi connectivity index (χ4n) is 3.73. The van der Waals surface area contributed by atoms with Crippen LogP contribution in [0.1, 0.15) is 35.2 Å². The van der Waals surface area contributed by atoms with Gasteiger partial charge in [-0.05, 0) is 43.9 Å². The minimum absolute atomic E-state index is 0.0306. The van der Waals surface area contributed by atoms with E-state index < -0.39 is 0 Å². The van der Waals surface area contributed by atoms with Gasteiger partial charge >= 0.3 is 0 Å². The van der Waals surface area contributed by atoms with E-state index >= 15 is 0 Å². The maximum atomic E-state index is 12.5. The number of likely N-dealkylation sites (N-methyl/N-ethyl adjacent to an activating group) is 1. The van der Waals surface area contributed by atoms with Crippen LogP contribution in [0.4, 0.5) is 0 Å². The topological polar surface area (TPSA) is 61.9 Å². The van der Waals surface area contributed by atoms with E-state index in [1.165, 1.54) is 0 Å². The fraction of sp³-hybridized carbons (Fsp3) is 0.579. The first-order valence-electron chi connectivity index (χ1n) is 8.94. The Kier molecular flexibility index (Phi) is 5.27. The summed E-state index contributed by atoms with van der Waals surface area (Å²) in [6.07, 6.45) is 2.67. The number of aryl methyl sites for hydroxylation is 1. The summed E-state index contributed by atoms with van der Waals surface area (Å²) in [6, 6.07) is 5.70. The number of hydrogen-bond donors (Lipinski definition) is 1. The molecule has 6 heteroatoms. The van der Waals surface area contributed by atoms with Gasteiger partial charge in [0.15, 0.2) is 0 Å². The number of carbonyl (C=O) groups is 2. The number of ether oxygens (including phenoxy) is 1. The van der Waals surface area contributed by atoms with Crippen molar-refractivity contribution < 1.29 is 14.3 Å². The van der Waals surface area contributed by atoms with Crippen molar-refractivity contribution in [1.82, 2.24) is 15.1 Å². The van der Waals surface area contributed by atoms with Crippen LogP contribution < -0.4 is 10.1 Å². The summed E-state index contributed by atoms with van der Waals surface area (Å²) in [7, 11) is 3.48. The summed E-state index contributed by atoms with van der Waals surface area (Å²) < 4.78 is 5.29. The maximum Gasteiger partial charge on any atom is 0.251 e. The Bertz CT molecular complexity index is 653. The average molecular weight is 345 g/mol. The van der Waals surface area contributed by atoms with Crippen LogP contribution in [-0.4, -0.2) is 67.5 Å². The number of likely N-dealkylation sites (tertiary alicyclic amines) is 2. The molecule has 2 heterocycles. The van der Waals surface area contributed by atoms with Crippen molar-refractivity contribution in [2.24, 2.45) is 0 Å². The molecule has 2 aliphatic heterocycles. The van der Waals surface area contributed by atoms with Crippen LogP contribution in [0.25, 0.3) is 0 Å². The molecule has 0 saturated carbocycles. The number of piperidine rings is 1. The molecule has 0 bridgehead atoms. The highest BCUT2D eigenvalue weighted by atomic mass is 16.5. The van der Waals surface area contributed by atoms with Crippen molar-refractivity contribution in [2.45, 2.75) is 38.3 Å². The van der Waals surface area contributed by atoms with Gasteiger partial charge in [-0.3, -0.25) is 14.5 Å². The minimum Gasteiger partial charge on any atom is -0.496 e. The first kappa shape index (κ1) is 17.7. The second-order valence-corrected chi connectivity index (χ2v) is 7.03. The molecule has 0 radical (unpaired) electrons. The van der Waals surface area contributed by atoms with Crippen LogP contribution in [0, 0.1) is 6.92 Å². The zero-order chi connectivity index (χ0) is 18.0. The van der Waals surface area contributed by atoms with Gasteiger partial charge in [0.05, 0.1) is 13.2 Å². The van der Waals surface area contributed by atoms with Crippen molar-refractivity contribution in [3.63, 3.8) is 0 Å². The Morgan fingerprint density at radius 1 is 1.20 bits per heavy atom. The van der Waals surface area contributed by atoms with Gasteiger partial charge in [0, 0.05) is 38.3 Å². The molecule has 6 nitrogen and oxygen atoms in total. The first-order valence-corrected chi connectivity index (χ1v) is 8.94. The molecule has 25 heavy (non-hydrogen) atoms. The molecule has 2 aliphatic rings. The van der Waals surface area contributed by atoms with Gasteiger partial charge < -0.3 is 15.0 Å². The lowest BCUT2D eigenvalue weighted by atomic mass is 10.0. The van der Waals surface area contributed by atoms with Crippen LogP contribution in [-0.2, 0) is 4.79 Å². The standard InChI is InChI=1S/C19H27N3O3/c1-13-4-5-14(12-17(13)25-3)18(23)20-15-6-10-22(11-7-15)16-8-9-21(2)19(16)24/h4-5,12,15-16H,6-11H2,1-3H3,(H,20,23). The van der Waals surface area contributed by atoms with E-state index in [0.29, 0.717) is 5.56 Å². The molecule has 3 rings (SSSR count). The molecule has 1 aromatic carbocycles. The van der Waals surface area contributed by atoms with Crippen LogP contribution in [0.2, 0.25) is 0 Å². The second-order valence-electron chi connectivity index (χ2n) is 7.03. The number of carbonyl (C=O) groups excluding carboxylic acids is 2. The average Bonchev–Trinajstić information content (AvgIpc) is 2.95. The number of methoxy groups -OCH3 is 1. The monoisotopic (exact) mass is 345 g/mol. The zero-order valence-corrected chi connectivity index (χ0v) is 15.2. The van der Waals surface area contributed by atoms with E-state index in [-0.39, 0.29) is 23.9 Å². The summed E-state index contributed by atoms with van der Waals surface area (Å²) in [6.45, 7) is 4.51. The first-order chi connectivity index (χ1) is 12.0. The number of nitrogens with zero attached hydrogens (tertiary/aromatic N) is 2. The molecule has 1 N–H and O–H groups in total. The van der Waals surface area contributed by atoms with Crippen molar-refractivity contribution in [3.05, 3.63) is 29.3 Å². The third kappa shape index (κ3) is 3.79. The van der Waals surface area contributed by atoms with Crippen LogP contribution in [0.5, 0.6) is 5.75 Å². The summed E-state index contributed by atoms with van der Waals surface area (Å²) in [5.41, 5.74) is 1.64. The summed E-state index contributed by atoms with van der Waals surface area (Å²) in [4.78, 5) is 28.7. The Balaban J connectivity index is 1.54. The van der Waals surface area contributed by atoms with Crippen molar-refractivity contribution in [1.29, 1.82) is 0 Å². The third-order valence-electron chi connectivity index (χ3n) is 5.38. The van der Waals surface area contributed by atoms with Gasteiger partial charge in [-0.15, -0.1) is 0 Å². The van der Waals surface area contributed by atoms with E-state index in [4.69, 9.17) is 4.74 Å². The SMILES string of the molecule is COc1cc(C(=O)NC2CCN(C3CCN(C)C3=O)CC2)ccc1C. The predicted molar refractivity (Wildman–Crippen MR) is 95.8 cm³/mol. The second kappa shape index (κ2) is 7.44. The number of hydrogen-bond acceptors (Lipinski definition) is 4. The normalized spacial score (nSPS) is 22.3. The molecule has 2 fully saturated rings. The van der Waals surface area contributed by atoms with Gasteiger partial charge in [-0.2, -0.15) is 0 Å². The van der Waals surface area contributed by atoms with Crippen molar-refractivity contribution in [3.8, 4) is 5.75 Å². The van der Waals surface area contributed by atoms with Gasteiger partial charge in [0.1, 0.15) is 5.75 Å². The highest BCUT2D eigenvalue weighted by molar-refractivity contribution is 5.95. The smallest absolute Gasteiger partial charge is 0.251 e. The fourth-order valence-corrected chi connectivity index (χ4v) is 3.73. The molecular weight excluding hydrogens is 318 g/mol. The van der Waals surface area contributed by atoms with E-state index in [9.17, 15) is 9.59 Å². The van der Waals surface area contributed by atoms with Crippen molar-refractivity contribution >= 4 is 11.8 Å². The highest BCUT2D eigenvalue weighted by Crippen LogP contribution is 2.22. The van der Waals surface area contributed by atoms with Crippen molar-refractivity contribution in [2.75, 3.05) is 33.8 Å². The number of benzene rings is 1. The number of rotatable bonds is 4. The van der Waals surface area contributed by atoms with Gasteiger partial charge in [0.25, 0.3) is 5.91 Å². The van der Waals surface area contributed by atoms with Gasteiger partial charge in [-0.25, -0.2) is 0 Å². The lowest BCUT2D eigenvalue weighted by molar-refractivity contribution is -0.131. The molecule has 1 aromatic rings. The summed E-state index contributed by atoms with van der Waals surface area (Å²) in [5, 5.41) is 3.12. The maximum absolute atomic E-state index is 12.5. The lowest BCUT2D eigenvalue weighted by Gasteiger charge is -2.35. The Morgan fingerprint density at radius 3 is 2.52 bits per heavy atom. The van der Waals surface area contributed by atoms with E-state index in [1.54, 1.807) is 13.2 Å². The number of nitrogens with one attached hydrogen (secondary N) is 1. The number of amides is 2.